The molecule has 1 rings (SSSR count). The molecule has 0 bridgehead atoms. The monoisotopic (exact) mass is 280 g/mol. The van der Waals surface area contributed by atoms with E-state index in [1.54, 1.807) is 0 Å². The molecule has 2 N–H and O–H groups in total. The molecule has 0 aromatic carbocycles. The van der Waals surface area contributed by atoms with E-state index in [1.807, 2.05) is 20.8 Å². The summed E-state index contributed by atoms with van der Waals surface area (Å²) in [6, 6.07) is 0. The lowest BCUT2D eigenvalue weighted by Gasteiger charge is -2.41. The fourth-order valence-electron chi connectivity index (χ4n) is 2.06. The Hall–Kier alpha value is -0.210. The van der Waals surface area contributed by atoms with Gasteiger partial charge < -0.3 is 15.2 Å². The van der Waals surface area contributed by atoms with Crippen LogP contribution in [0.5, 0.6) is 0 Å². The van der Waals surface area contributed by atoms with Gasteiger partial charge in [-0.25, -0.2) is 8.42 Å². The number of nitrogens with zero attached hydrogens (tertiary/aromatic N) is 1. The summed E-state index contributed by atoms with van der Waals surface area (Å²) < 4.78 is 31.3. The summed E-state index contributed by atoms with van der Waals surface area (Å²) in [5, 5.41) is 12.2. The first-order chi connectivity index (χ1) is 8.30. The molecule has 6 nitrogen and oxygen atoms in total. The van der Waals surface area contributed by atoms with Crippen LogP contribution in [-0.2, 0) is 14.8 Å². The standard InChI is InChI=1S/C11H24N2O4S/c1-4-12-5-6-18(15,16)13-7-10(8-14)17-11(2,3)9-13/h10,12,14H,4-9H2,1-3H3. The van der Waals surface area contributed by atoms with Crippen molar-refractivity contribution in [1.82, 2.24) is 9.62 Å². The minimum Gasteiger partial charge on any atom is -0.394 e. The molecule has 1 atom stereocenters. The summed E-state index contributed by atoms with van der Waals surface area (Å²) in [7, 11) is -3.29. The number of sulfonamides is 1. The summed E-state index contributed by atoms with van der Waals surface area (Å²) in [6.45, 7) is 7.20. The van der Waals surface area contributed by atoms with E-state index in [0.29, 0.717) is 13.1 Å². The average molecular weight is 280 g/mol. The van der Waals surface area contributed by atoms with Crippen LogP contribution in [0.1, 0.15) is 20.8 Å². The predicted molar refractivity (Wildman–Crippen MR) is 69.9 cm³/mol. The number of hydrogen-bond donors (Lipinski definition) is 2. The zero-order chi connectivity index (χ0) is 13.8. The van der Waals surface area contributed by atoms with Gasteiger partial charge in [-0.15, -0.1) is 0 Å². The highest BCUT2D eigenvalue weighted by atomic mass is 32.2. The maximum atomic E-state index is 12.2. The highest BCUT2D eigenvalue weighted by Crippen LogP contribution is 2.23. The Bertz CT molecular complexity index is 356. The lowest BCUT2D eigenvalue weighted by molar-refractivity contribution is -0.131. The van der Waals surface area contributed by atoms with E-state index in [4.69, 9.17) is 9.84 Å². The first-order valence-corrected chi connectivity index (χ1v) is 7.89. The van der Waals surface area contributed by atoms with Crippen molar-refractivity contribution < 1.29 is 18.3 Å². The molecule has 0 aromatic rings. The van der Waals surface area contributed by atoms with Gasteiger partial charge in [0.15, 0.2) is 0 Å². The molecule has 1 saturated heterocycles. The van der Waals surface area contributed by atoms with Gasteiger partial charge in [-0.3, -0.25) is 0 Å². The van der Waals surface area contributed by atoms with Crippen LogP contribution in [-0.4, -0.2) is 68.1 Å². The molecule has 108 valence electrons. The predicted octanol–water partition coefficient (Wildman–Crippen LogP) is -0.603. The summed E-state index contributed by atoms with van der Waals surface area (Å²) in [4.78, 5) is 0. The summed E-state index contributed by atoms with van der Waals surface area (Å²) in [6.07, 6.45) is -0.442. The molecule has 0 aromatic heterocycles. The minimum absolute atomic E-state index is 0.0784. The quantitative estimate of drug-likeness (QED) is 0.635. The normalized spacial score (nSPS) is 25.2. The van der Waals surface area contributed by atoms with Gasteiger partial charge in [0.05, 0.1) is 24.1 Å². The van der Waals surface area contributed by atoms with E-state index in [2.05, 4.69) is 5.32 Å². The summed E-state index contributed by atoms with van der Waals surface area (Å²) in [5.74, 6) is 0.0784. The van der Waals surface area contributed by atoms with Crippen molar-refractivity contribution in [3.63, 3.8) is 0 Å². The third-order valence-corrected chi connectivity index (χ3v) is 4.62. The van der Waals surface area contributed by atoms with Crippen LogP contribution in [0.4, 0.5) is 0 Å². The molecule has 0 amide bonds. The summed E-state index contributed by atoms with van der Waals surface area (Å²) >= 11 is 0. The van der Waals surface area contributed by atoms with E-state index in [1.165, 1.54) is 4.31 Å². The van der Waals surface area contributed by atoms with Crippen LogP contribution < -0.4 is 5.32 Å². The molecular weight excluding hydrogens is 256 g/mol. The van der Waals surface area contributed by atoms with Crippen LogP contribution in [0.2, 0.25) is 0 Å². The molecule has 1 fully saturated rings. The van der Waals surface area contributed by atoms with E-state index in [0.717, 1.165) is 6.54 Å². The number of nitrogens with one attached hydrogen (secondary N) is 1. The van der Waals surface area contributed by atoms with Crippen molar-refractivity contribution >= 4 is 10.0 Å². The van der Waals surface area contributed by atoms with Gasteiger partial charge >= 0.3 is 0 Å². The average Bonchev–Trinajstić information content (AvgIpc) is 2.27. The topological polar surface area (TPSA) is 78.9 Å². The van der Waals surface area contributed by atoms with Crippen LogP contribution in [0.15, 0.2) is 0 Å². The second-order valence-corrected chi connectivity index (χ2v) is 7.23. The molecule has 0 spiro atoms. The van der Waals surface area contributed by atoms with E-state index in [-0.39, 0.29) is 18.9 Å². The first kappa shape index (κ1) is 15.8. The van der Waals surface area contributed by atoms with Crippen LogP contribution in [0, 0.1) is 0 Å². The Morgan fingerprint density at radius 1 is 1.50 bits per heavy atom. The van der Waals surface area contributed by atoms with Crippen molar-refractivity contribution in [2.24, 2.45) is 0 Å². The van der Waals surface area contributed by atoms with Crippen molar-refractivity contribution in [3.8, 4) is 0 Å². The molecule has 7 heteroatoms. The Morgan fingerprint density at radius 2 is 2.17 bits per heavy atom. The van der Waals surface area contributed by atoms with Crippen molar-refractivity contribution in [2.75, 3.05) is 38.5 Å². The van der Waals surface area contributed by atoms with Crippen LogP contribution >= 0.6 is 0 Å². The van der Waals surface area contributed by atoms with Gasteiger partial charge in [0.25, 0.3) is 0 Å². The highest BCUT2D eigenvalue weighted by molar-refractivity contribution is 7.89. The Labute approximate surface area is 109 Å². The van der Waals surface area contributed by atoms with Crippen LogP contribution in [0.25, 0.3) is 0 Å². The molecule has 1 heterocycles. The van der Waals surface area contributed by atoms with E-state index in [9.17, 15) is 8.42 Å². The number of ether oxygens (including phenoxy) is 1. The number of rotatable bonds is 6. The molecule has 18 heavy (non-hydrogen) atoms. The fourth-order valence-corrected chi connectivity index (χ4v) is 3.62. The molecule has 0 aliphatic carbocycles. The number of aliphatic hydroxyl groups excluding tert-OH is 1. The zero-order valence-corrected chi connectivity index (χ0v) is 12.2. The summed E-state index contributed by atoms with van der Waals surface area (Å²) in [5.41, 5.74) is -0.559. The van der Waals surface area contributed by atoms with Crippen molar-refractivity contribution in [1.29, 1.82) is 0 Å². The minimum atomic E-state index is -3.29. The lowest BCUT2D eigenvalue weighted by Crippen LogP contribution is -2.56. The molecule has 1 aliphatic heterocycles. The Balaban J connectivity index is 2.68. The second-order valence-electron chi connectivity index (χ2n) is 5.14. The van der Waals surface area contributed by atoms with Gasteiger partial charge in [-0.1, -0.05) is 6.92 Å². The molecule has 0 radical (unpaired) electrons. The van der Waals surface area contributed by atoms with Gasteiger partial charge in [0.2, 0.25) is 10.0 Å². The van der Waals surface area contributed by atoms with Gasteiger partial charge in [-0.05, 0) is 20.4 Å². The second kappa shape index (κ2) is 6.29. The van der Waals surface area contributed by atoms with Gasteiger partial charge in [-0.2, -0.15) is 4.31 Å². The lowest BCUT2D eigenvalue weighted by atomic mass is 10.1. The molecular formula is C11H24N2O4S. The Kier molecular flexibility index (Phi) is 5.54. The van der Waals surface area contributed by atoms with Crippen molar-refractivity contribution in [3.05, 3.63) is 0 Å². The van der Waals surface area contributed by atoms with Gasteiger partial charge in [0, 0.05) is 19.6 Å². The third-order valence-electron chi connectivity index (χ3n) is 2.83. The highest BCUT2D eigenvalue weighted by Gasteiger charge is 2.38. The largest absolute Gasteiger partial charge is 0.394 e. The molecule has 1 aliphatic rings. The maximum absolute atomic E-state index is 12.2. The van der Waals surface area contributed by atoms with Crippen molar-refractivity contribution in [2.45, 2.75) is 32.5 Å². The number of hydrogen-bond acceptors (Lipinski definition) is 5. The molecule has 1 unspecified atom stereocenters. The SMILES string of the molecule is CCNCCS(=O)(=O)N1CC(CO)OC(C)(C)C1. The van der Waals surface area contributed by atoms with E-state index < -0.39 is 21.7 Å². The van der Waals surface area contributed by atoms with E-state index >= 15 is 0 Å². The fraction of sp³-hybridized carbons (Fsp3) is 1.00. The number of aliphatic hydroxyl groups is 1. The number of morpholine rings is 1. The third kappa shape index (κ3) is 4.47. The maximum Gasteiger partial charge on any atom is 0.215 e. The zero-order valence-electron chi connectivity index (χ0n) is 11.3. The van der Waals surface area contributed by atoms with Gasteiger partial charge in [0.1, 0.15) is 0 Å². The first-order valence-electron chi connectivity index (χ1n) is 6.28. The smallest absolute Gasteiger partial charge is 0.215 e. The van der Waals surface area contributed by atoms with Crippen LogP contribution in [0.3, 0.4) is 0 Å². The Morgan fingerprint density at radius 3 is 2.72 bits per heavy atom. The molecule has 0 saturated carbocycles.